The molecule has 1 heteroatoms. The second-order valence-corrected chi connectivity index (χ2v) is 3.36. The second kappa shape index (κ2) is 7.86. The van der Waals surface area contributed by atoms with Gasteiger partial charge in [0.15, 0.2) is 0 Å². The van der Waals surface area contributed by atoms with Crippen LogP contribution in [0.4, 0.5) is 0 Å². The fourth-order valence-corrected chi connectivity index (χ4v) is 1.17. The lowest BCUT2D eigenvalue weighted by Crippen LogP contribution is -1.71. The number of rotatable bonds is 6. The second-order valence-electron chi connectivity index (χ2n) is 3.36. The lowest BCUT2D eigenvalue weighted by Gasteiger charge is -1.92. The highest BCUT2D eigenvalue weighted by Crippen LogP contribution is 2.01. The normalized spacial score (nSPS) is 11.3. The van der Waals surface area contributed by atoms with Crippen LogP contribution >= 0.6 is 0 Å². The van der Waals surface area contributed by atoms with Crippen molar-refractivity contribution in [3.8, 4) is 0 Å². The fraction of sp³-hybridized carbons (Fsp3) is 0.286. The van der Waals surface area contributed by atoms with Crippen LogP contribution in [-0.2, 0) is 4.74 Å². The Kier molecular flexibility index (Phi) is 6.07. The van der Waals surface area contributed by atoms with Crippen molar-refractivity contribution < 1.29 is 4.74 Å². The average Bonchev–Trinajstić information content (AvgIpc) is 2.29. The summed E-state index contributed by atoms with van der Waals surface area (Å²) in [6.07, 6.45) is 11.0. The van der Waals surface area contributed by atoms with Crippen molar-refractivity contribution in [1.29, 1.82) is 0 Å². The molecule has 1 nitrogen and oxygen atoms in total. The number of benzene rings is 1. The van der Waals surface area contributed by atoms with E-state index >= 15 is 0 Å². The van der Waals surface area contributed by atoms with Crippen molar-refractivity contribution in [1.82, 2.24) is 0 Å². The largest absolute Gasteiger partial charge is 0.473 e. The van der Waals surface area contributed by atoms with Gasteiger partial charge in [0.2, 0.25) is 0 Å². The van der Waals surface area contributed by atoms with E-state index in [1.54, 1.807) is 12.5 Å². The molecule has 0 saturated heterocycles. The van der Waals surface area contributed by atoms with Crippen molar-refractivity contribution in [2.45, 2.75) is 26.2 Å². The molecule has 1 rings (SSSR count). The minimum Gasteiger partial charge on any atom is -0.473 e. The molecule has 0 aliphatic rings. The van der Waals surface area contributed by atoms with Crippen LogP contribution in [-0.4, -0.2) is 0 Å². The number of hydrogen-bond donors (Lipinski definition) is 0. The Bertz CT molecular complexity index is 298. The first-order valence-corrected chi connectivity index (χ1v) is 5.45. The van der Waals surface area contributed by atoms with E-state index in [0.29, 0.717) is 0 Å². The SMILES string of the molecule is CCCCC=COC=Cc1ccccc1. The monoisotopic (exact) mass is 202 g/mol. The van der Waals surface area contributed by atoms with Crippen LogP contribution in [0.3, 0.4) is 0 Å². The molecule has 15 heavy (non-hydrogen) atoms. The van der Waals surface area contributed by atoms with Crippen LogP contribution < -0.4 is 0 Å². The van der Waals surface area contributed by atoms with Crippen LogP contribution in [0.15, 0.2) is 48.9 Å². The van der Waals surface area contributed by atoms with E-state index in [0.717, 1.165) is 12.0 Å². The molecular formula is C14H18O. The Hall–Kier alpha value is -1.50. The summed E-state index contributed by atoms with van der Waals surface area (Å²) in [6.45, 7) is 2.18. The van der Waals surface area contributed by atoms with E-state index in [-0.39, 0.29) is 0 Å². The van der Waals surface area contributed by atoms with Gasteiger partial charge in [0.1, 0.15) is 0 Å². The molecule has 0 bridgehead atoms. The van der Waals surface area contributed by atoms with Gasteiger partial charge in [-0.3, -0.25) is 0 Å². The number of allylic oxidation sites excluding steroid dienone is 1. The third kappa shape index (κ3) is 5.74. The average molecular weight is 202 g/mol. The van der Waals surface area contributed by atoms with Gasteiger partial charge in [-0.2, -0.15) is 0 Å². The maximum absolute atomic E-state index is 5.22. The molecule has 0 radical (unpaired) electrons. The quantitative estimate of drug-likeness (QED) is 0.491. The van der Waals surface area contributed by atoms with Crippen molar-refractivity contribution in [2.75, 3.05) is 0 Å². The van der Waals surface area contributed by atoms with Crippen LogP contribution in [0.1, 0.15) is 31.7 Å². The Labute approximate surface area is 92.1 Å². The standard InChI is InChI=1S/C14H18O/c1-2-3-4-8-12-15-13-11-14-9-6-5-7-10-14/h5-13H,2-4H2,1H3. The maximum atomic E-state index is 5.22. The third-order valence-corrected chi connectivity index (χ3v) is 2.04. The van der Waals surface area contributed by atoms with Gasteiger partial charge in [0, 0.05) is 0 Å². The summed E-state index contributed by atoms with van der Waals surface area (Å²) in [5.41, 5.74) is 1.15. The van der Waals surface area contributed by atoms with Crippen molar-refractivity contribution >= 4 is 6.08 Å². The molecule has 0 heterocycles. The third-order valence-electron chi connectivity index (χ3n) is 2.04. The van der Waals surface area contributed by atoms with Crippen LogP contribution in [0.25, 0.3) is 6.08 Å². The molecular weight excluding hydrogens is 184 g/mol. The summed E-state index contributed by atoms with van der Waals surface area (Å²) in [4.78, 5) is 0. The predicted molar refractivity (Wildman–Crippen MR) is 65.2 cm³/mol. The summed E-state index contributed by atoms with van der Waals surface area (Å²) in [6, 6.07) is 10.1. The lowest BCUT2D eigenvalue weighted by molar-refractivity contribution is 0.404. The minimum atomic E-state index is 1.09. The molecule has 0 aromatic heterocycles. The van der Waals surface area contributed by atoms with Gasteiger partial charge in [0.25, 0.3) is 0 Å². The maximum Gasteiger partial charge on any atom is 0.0907 e. The first kappa shape index (κ1) is 11.6. The van der Waals surface area contributed by atoms with E-state index in [2.05, 4.69) is 13.0 Å². The topological polar surface area (TPSA) is 9.23 Å². The smallest absolute Gasteiger partial charge is 0.0907 e. The molecule has 0 atom stereocenters. The first-order chi connectivity index (χ1) is 7.43. The van der Waals surface area contributed by atoms with E-state index in [4.69, 9.17) is 4.74 Å². The number of ether oxygens (including phenoxy) is 1. The highest BCUT2D eigenvalue weighted by molar-refractivity contribution is 5.47. The molecule has 0 N–H and O–H groups in total. The zero-order valence-corrected chi connectivity index (χ0v) is 9.23. The number of unbranched alkanes of at least 4 members (excludes halogenated alkanes) is 2. The summed E-state index contributed by atoms with van der Waals surface area (Å²) in [5, 5.41) is 0. The van der Waals surface area contributed by atoms with E-state index in [1.807, 2.05) is 36.4 Å². The van der Waals surface area contributed by atoms with Gasteiger partial charge in [-0.15, -0.1) is 0 Å². The molecule has 0 amide bonds. The Morgan fingerprint density at radius 1 is 1.13 bits per heavy atom. The molecule has 0 aliphatic heterocycles. The van der Waals surface area contributed by atoms with E-state index < -0.39 is 0 Å². The van der Waals surface area contributed by atoms with Crippen LogP contribution in [0, 0.1) is 0 Å². The molecule has 0 spiro atoms. The summed E-state index contributed by atoms with van der Waals surface area (Å²) in [5.74, 6) is 0. The summed E-state index contributed by atoms with van der Waals surface area (Å²) < 4.78 is 5.22. The summed E-state index contributed by atoms with van der Waals surface area (Å²) in [7, 11) is 0. The molecule has 0 aliphatic carbocycles. The molecule has 0 unspecified atom stereocenters. The van der Waals surface area contributed by atoms with Gasteiger partial charge >= 0.3 is 0 Å². The molecule has 0 fully saturated rings. The van der Waals surface area contributed by atoms with Gasteiger partial charge < -0.3 is 4.74 Å². The van der Waals surface area contributed by atoms with Gasteiger partial charge in [0.05, 0.1) is 12.5 Å². The van der Waals surface area contributed by atoms with Crippen LogP contribution in [0.5, 0.6) is 0 Å². The lowest BCUT2D eigenvalue weighted by atomic mass is 10.2. The predicted octanol–water partition coefficient (Wildman–Crippen LogP) is 4.38. The van der Waals surface area contributed by atoms with E-state index in [9.17, 15) is 0 Å². The highest BCUT2D eigenvalue weighted by Gasteiger charge is 1.81. The highest BCUT2D eigenvalue weighted by atomic mass is 16.5. The first-order valence-electron chi connectivity index (χ1n) is 5.45. The van der Waals surface area contributed by atoms with Crippen molar-refractivity contribution in [3.63, 3.8) is 0 Å². The molecule has 0 saturated carbocycles. The molecule has 1 aromatic rings. The Balaban J connectivity index is 2.20. The fourth-order valence-electron chi connectivity index (χ4n) is 1.17. The Morgan fingerprint density at radius 2 is 1.93 bits per heavy atom. The van der Waals surface area contributed by atoms with E-state index in [1.165, 1.54) is 12.8 Å². The molecule has 80 valence electrons. The Morgan fingerprint density at radius 3 is 2.67 bits per heavy atom. The number of hydrogen-bond acceptors (Lipinski definition) is 1. The zero-order chi connectivity index (χ0) is 10.8. The minimum absolute atomic E-state index is 1.09. The van der Waals surface area contributed by atoms with Gasteiger partial charge in [-0.05, 0) is 30.6 Å². The van der Waals surface area contributed by atoms with Gasteiger partial charge in [-0.1, -0.05) is 43.7 Å². The van der Waals surface area contributed by atoms with Crippen LogP contribution in [0.2, 0.25) is 0 Å². The van der Waals surface area contributed by atoms with Gasteiger partial charge in [-0.25, -0.2) is 0 Å². The van der Waals surface area contributed by atoms with Crippen molar-refractivity contribution in [3.05, 3.63) is 54.5 Å². The molecule has 1 aromatic carbocycles. The zero-order valence-electron chi connectivity index (χ0n) is 9.23. The van der Waals surface area contributed by atoms with Crippen molar-refractivity contribution in [2.24, 2.45) is 0 Å². The summed E-state index contributed by atoms with van der Waals surface area (Å²) >= 11 is 0.